The van der Waals surface area contributed by atoms with Crippen LogP contribution in [0.3, 0.4) is 0 Å². The third-order valence-corrected chi connectivity index (χ3v) is 4.89. The molecule has 1 aliphatic carbocycles. The van der Waals surface area contributed by atoms with Gasteiger partial charge in [-0.1, -0.05) is 27.2 Å². The van der Waals surface area contributed by atoms with Gasteiger partial charge in [0.2, 0.25) is 0 Å². The van der Waals surface area contributed by atoms with Gasteiger partial charge in [-0.3, -0.25) is 0 Å². The number of hydrogen-bond acceptors (Lipinski definition) is 4. The highest BCUT2D eigenvalue weighted by Crippen LogP contribution is 2.40. The average Bonchev–Trinajstić information content (AvgIpc) is 2.49. The fraction of sp³-hybridized carbons (Fsp3) is 1.00. The summed E-state index contributed by atoms with van der Waals surface area (Å²) in [5.74, 6) is 3.03. The van der Waals surface area contributed by atoms with Crippen LogP contribution in [0.4, 0.5) is 0 Å². The van der Waals surface area contributed by atoms with Crippen LogP contribution in [-0.4, -0.2) is 50.9 Å². The van der Waals surface area contributed by atoms with Crippen LogP contribution in [0.5, 0.6) is 0 Å². The molecule has 4 nitrogen and oxygen atoms in total. The fourth-order valence-electron chi connectivity index (χ4n) is 3.62. The Labute approximate surface area is 136 Å². The normalized spacial score (nSPS) is 27.3. The summed E-state index contributed by atoms with van der Waals surface area (Å²) in [6, 6.07) is 0. The van der Waals surface area contributed by atoms with E-state index in [-0.39, 0.29) is 6.61 Å². The quantitative estimate of drug-likeness (QED) is 0.595. The van der Waals surface area contributed by atoms with Crippen LogP contribution < -0.4 is 0 Å². The molecule has 0 aromatic rings. The molecule has 1 N–H and O–H groups in total. The second-order valence-corrected chi connectivity index (χ2v) is 7.01. The number of ether oxygens (including phenoxy) is 3. The van der Waals surface area contributed by atoms with E-state index in [0.717, 1.165) is 17.8 Å². The van der Waals surface area contributed by atoms with Crippen molar-refractivity contribution in [1.82, 2.24) is 0 Å². The highest BCUT2D eigenvalue weighted by atomic mass is 16.5. The van der Waals surface area contributed by atoms with E-state index in [0.29, 0.717) is 45.1 Å². The molecule has 132 valence electrons. The molecule has 22 heavy (non-hydrogen) atoms. The van der Waals surface area contributed by atoms with Crippen LogP contribution in [0, 0.1) is 23.7 Å². The summed E-state index contributed by atoms with van der Waals surface area (Å²) < 4.78 is 16.7. The monoisotopic (exact) mass is 316 g/mol. The van der Waals surface area contributed by atoms with Crippen LogP contribution in [0.15, 0.2) is 0 Å². The van der Waals surface area contributed by atoms with Crippen LogP contribution in [0.25, 0.3) is 0 Å². The maximum atomic E-state index is 8.59. The molecule has 0 amide bonds. The molecule has 0 radical (unpaired) electrons. The lowest BCUT2D eigenvalue weighted by molar-refractivity contribution is -0.0532. The van der Waals surface area contributed by atoms with E-state index < -0.39 is 0 Å². The molecule has 0 spiro atoms. The zero-order chi connectivity index (χ0) is 16.4. The summed E-state index contributed by atoms with van der Waals surface area (Å²) in [6.45, 7) is 12.1. The van der Waals surface area contributed by atoms with Gasteiger partial charge in [0, 0.05) is 0 Å². The molecule has 0 heterocycles. The number of rotatable bonds is 11. The van der Waals surface area contributed by atoms with Crippen molar-refractivity contribution in [3.8, 4) is 0 Å². The van der Waals surface area contributed by atoms with Crippen molar-refractivity contribution in [2.45, 2.75) is 53.1 Å². The summed E-state index contributed by atoms with van der Waals surface area (Å²) in [5.41, 5.74) is 0. The number of aliphatic hydroxyl groups is 1. The van der Waals surface area contributed by atoms with E-state index in [1.807, 2.05) is 0 Å². The molecule has 0 aromatic carbocycles. The van der Waals surface area contributed by atoms with Gasteiger partial charge in [-0.05, 0) is 43.4 Å². The van der Waals surface area contributed by atoms with Crippen molar-refractivity contribution < 1.29 is 19.3 Å². The third-order valence-electron chi connectivity index (χ3n) is 4.89. The molecule has 0 bridgehead atoms. The van der Waals surface area contributed by atoms with Gasteiger partial charge in [-0.2, -0.15) is 0 Å². The van der Waals surface area contributed by atoms with E-state index in [4.69, 9.17) is 19.3 Å². The van der Waals surface area contributed by atoms with Crippen LogP contribution >= 0.6 is 0 Å². The van der Waals surface area contributed by atoms with Crippen molar-refractivity contribution in [2.75, 3.05) is 39.6 Å². The first-order chi connectivity index (χ1) is 10.6. The second-order valence-electron chi connectivity index (χ2n) is 7.01. The Morgan fingerprint density at radius 2 is 1.55 bits per heavy atom. The maximum absolute atomic E-state index is 8.59. The predicted octanol–water partition coefficient (Wildman–Crippen LogP) is 3.13. The Bertz CT molecular complexity index is 270. The van der Waals surface area contributed by atoms with Gasteiger partial charge >= 0.3 is 0 Å². The molecule has 1 aliphatic rings. The molecule has 4 heteroatoms. The van der Waals surface area contributed by atoms with E-state index in [1.54, 1.807) is 0 Å². The van der Waals surface area contributed by atoms with Gasteiger partial charge in [0.05, 0.1) is 45.7 Å². The van der Waals surface area contributed by atoms with Crippen molar-refractivity contribution in [3.63, 3.8) is 0 Å². The number of aliphatic hydroxyl groups excluding tert-OH is 1. The summed E-state index contributed by atoms with van der Waals surface area (Å²) in [4.78, 5) is 0. The molecule has 1 saturated carbocycles. The SMILES string of the molecule is CC(C)C1CC[C@@H](C)CC1[C@H](C)OCCOCCOCCO. The van der Waals surface area contributed by atoms with E-state index in [2.05, 4.69) is 27.7 Å². The van der Waals surface area contributed by atoms with Gasteiger partial charge in [0.15, 0.2) is 0 Å². The van der Waals surface area contributed by atoms with Crippen molar-refractivity contribution in [2.24, 2.45) is 23.7 Å². The highest BCUT2D eigenvalue weighted by molar-refractivity contribution is 4.84. The first-order valence-corrected chi connectivity index (χ1v) is 8.94. The Balaban J connectivity index is 2.18. The average molecular weight is 316 g/mol. The summed E-state index contributed by atoms with van der Waals surface area (Å²) in [6.07, 6.45) is 4.31. The lowest BCUT2D eigenvalue weighted by Crippen LogP contribution is -2.36. The van der Waals surface area contributed by atoms with Crippen molar-refractivity contribution in [3.05, 3.63) is 0 Å². The second kappa shape index (κ2) is 11.4. The fourth-order valence-corrected chi connectivity index (χ4v) is 3.62. The lowest BCUT2D eigenvalue weighted by atomic mass is 9.68. The van der Waals surface area contributed by atoms with Gasteiger partial charge in [-0.15, -0.1) is 0 Å². The standard InChI is InChI=1S/C18H36O4/c1-14(2)17-6-5-15(3)13-18(17)16(4)22-12-11-21-10-9-20-8-7-19/h14-19H,5-13H2,1-4H3/t15-,16+,17?,18?/m1/s1. The van der Waals surface area contributed by atoms with E-state index >= 15 is 0 Å². The minimum absolute atomic E-state index is 0.0669. The van der Waals surface area contributed by atoms with Gasteiger partial charge in [0.1, 0.15) is 0 Å². The summed E-state index contributed by atoms with van der Waals surface area (Å²) in [7, 11) is 0. The molecule has 0 saturated heterocycles. The first-order valence-electron chi connectivity index (χ1n) is 8.94. The minimum Gasteiger partial charge on any atom is -0.394 e. The Hall–Kier alpha value is -0.160. The highest BCUT2D eigenvalue weighted by Gasteiger charge is 2.34. The molecule has 4 atom stereocenters. The van der Waals surface area contributed by atoms with Gasteiger partial charge in [0.25, 0.3) is 0 Å². The molecule has 0 aliphatic heterocycles. The number of hydrogen-bond donors (Lipinski definition) is 1. The van der Waals surface area contributed by atoms with Crippen LogP contribution in [-0.2, 0) is 14.2 Å². The zero-order valence-corrected chi connectivity index (χ0v) is 14.9. The molecule has 2 unspecified atom stereocenters. The molecule has 1 fully saturated rings. The molecule has 0 aromatic heterocycles. The Morgan fingerprint density at radius 1 is 0.909 bits per heavy atom. The topological polar surface area (TPSA) is 47.9 Å². The largest absolute Gasteiger partial charge is 0.394 e. The van der Waals surface area contributed by atoms with Crippen LogP contribution in [0.1, 0.15) is 47.0 Å². The minimum atomic E-state index is 0.0669. The first kappa shape index (κ1) is 19.9. The van der Waals surface area contributed by atoms with Crippen LogP contribution in [0.2, 0.25) is 0 Å². The summed E-state index contributed by atoms with van der Waals surface area (Å²) in [5, 5.41) is 8.59. The zero-order valence-electron chi connectivity index (χ0n) is 14.9. The van der Waals surface area contributed by atoms with Gasteiger partial charge < -0.3 is 19.3 Å². The third kappa shape index (κ3) is 7.40. The Kier molecular flexibility index (Phi) is 10.3. The molecular weight excluding hydrogens is 280 g/mol. The van der Waals surface area contributed by atoms with Crippen molar-refractivity contribution in [1.29, 1.82) is 0 Å². The van der Waals surface area contributed by atoms with E-state index in [1.165, 1.54) is 19.3 Å². The Morgan fingerprint density at radius 3 is 2.18 bits per heavy atom. The molecule has 1 rings (SSSR count). The van der Waals surface area contributed by atoms with Gasteiger partial charge in [-0.25, -0.2) is 0 Å². The van der Waals surface area contributed by atoms with Crippen molar-refractivity contribution >= 4 is 0 Å². The maximum Gasteiger partial charge on any atom is 0.0704 e. The van der Waals surface area contributed by atoms with E-state index in [9.17, 15) is 0 Å². The lowest BCUT2D eigenvalue weighted by Gasteiger charge is -2.40. The summed E-state index contributed by atoms with van der Waals surface area (Å²) >= 11 is 0. The smallest absolute Gasteiger partial charge is 0.0704 e. The predicted molar refractivity (Wildman–Crippen MR) is 89.0 cm³/mol. The molecular formula is C18H36O4.